The number of amides is 1. The van der Waals surface area contributed by atoms with Crippen LogP contribution in [0.2, 0.25) is 0 Å². The summed E-state index contributed by atoms with van der Waals surface area (Å²) in [6, 6.07) is 4.82. The number of benzene rings is 2. The number of halogens is 1. The summed E-state index contributed by atoms with van der Waals surface area (Å²) >= 11 is 4.64. The molecule has 4 aromatic rings. The minimum absolute atomic E-state index is 0. The third-order valence-corrected chi connectivity index (χ3v) is 6.48. The predicted octanol–water partition coefficient (Wildman–Crippen LogP) is 8.05. The van der Waals surface area contributed by atoms with Crippen molar-refractivity contribution >= 4 is 68.3 Å². The molecule has 2 aromatic heterocycles. The van der Waals surface area contributed by atoms with E-state index in [0.29, 0.717) is 23.4 Å². The average Bonchev–Trinajstić information content (AvgIpc) is 3.82. The van der Waals surface area contributed by atoms with E-state index in [-0.39, 0.29) is 47.2 Å². The van der Waals surface area contributed by atoms with Gasteiger partial charge in [-0.15, -0.1) is 11.6 Å². The van der Waals surface area contributed by atoms with Gasteiger partial charge in [0.2, 0.25) is 11.0 Å². The van der Waals surface area contributed by atoms with Crippen LogP contribution in [0.3, 0.4) is 0 Å². The van der Waals surface area contributed by atoms with Crippen LogP contribution in [0.5, 0.6) is 0 Å². The summed E-state index contributed by atoms with van der Waals surface area (Å²) < 4.78 is 14.1. The molecule has 20 heteroatoms. The number of nitrogens with one attached hydrogen (secondary N) is 3. The number of Topliss-reactive ketones (excluding diaryl/α,β-unsaturated/α-hetero) is 1. The molecule has 304 valence electrons. The number of nitrogens with zero attached hydrogens (tertiary/aromatic N) is 6. The average molecular weight is 786 g/mol. The van der Waals surface area contributed by atoms with Crippen molar-refractivity contribution in [3.05, 3.63) is 44.5 Å². The number of nitro groups is 2. The van der Waals surface area contributed by atoms with Crippen molar-refractivity contribution in [1.29, 1.82) is 0 Å². The second kappa shape index (κ2) is 27.4. The van der Waals surface area contributed by atoms with Crippen molar-refractivity contribution in [3.8, 4) is 0 Å². The number of hydrogen-bond donors (Lipinski definition) is 4. The monoisotopic (exact) mass is 785 g/mol. The Morgan fingerprint density at radius 1 is 0.833 bits per heavy atom. The minimum atomic E-state index is -0.818. The van der Waals surface area contributed by atoms with Gasteiger partial charge in [-0.1, -0.05) is 54.4 Å². The van der Waals surface area contributed by atoms with Crippen LogP contribution in [0.25, 0.3) is 22.1 Å². The highest BCUT2D eigenvalue weighted by molar-refractivity contribution is 6.15. The zero-order valence-electron chi connectivity index (χ0n) is 31.7. The van der Waals surface area contributed by atoms with E-state index >= 15 is 0 Å². The van der Waals surface area contributed by atoms with Crippen LogP contribution >= 0.6 is 11.6 Å². The number of alkyl halides is 1. The van der Waals surface area contributed by atoms with Crippen LogP contribution in [-0.4, -0.2) is 85.2 Å². The van der Waals surface area contributed by atoms with E-state index in [1.54, 1.807) is 6.07 Å². The normalized spacial score (nSPS) is 10.6. The molecule has 0 spiro atoms. The first-order valence-electron chi connectivity index (χ1n) is 17.0. The Kier molecular flexibility index (Phi) is 25.9. The summed E-state index contributed by atoms with van der Waals surface area (Å²) in [5, 5.41) is 53.5. The molecule has 2 heterocycles. The molecule has 1 atom stereocenters. The Hall–Kier alpha value is -5.17. The Bertz CT molecular complexity index is 1690. The van der Waals surface area contributed by atoms with Crippen molar-refractivity contribution in [3.63, 3.8) is 0 Å². The molecule has 19 nitrogen and oxygen atoms in total. The smallest absolute Gasteiger partial charge is 0.407 e. The lowest BCUT2D eigenvalue weighted by Crippen LogP contribution is -2.32. The summed E-state index contributed by atoms with van der Waals surface area (Å²) in [6.45, 7) is 16.2. The predicted molar refractivity (Wildman–Crippen MR) is 209 cm³/mol. The van der Waals surface area contributed by atoms with Gasteiger partial charge in [-0.25, -0.2) is 14.1 Å². The van der Waals surface area contributed by atoms with Crippen LogP contribution in [0, 0.1) is 20.2 Å². The first kappa shape index (κ1) is 50.9. The van der Waals surface area contributed by atoms with E-state index in [1.165, 1.54) is 31.5 Å². The number of carbonyl (C=O) groups excluding carboxylic acids is 2. The van der Waals surface area contributed by atoms with Gasteiger partial charge in [0, 0.05) is 31.6 Å². The van der Waals surface area contributed by atoms with Crippen LogP contribution in [0.4, 0.5) is 27.5 Å². The van der Waals surface area contributed by atoms with Crippen molar-refractivity contribution < 1.29 is 38.5 Å². The van der Waals surface area contributed by atoms with Crippen molar-refractivity contribution in [2.45, 2.75) is 107 Å². The summed E-state index contributed by atoms with van der Waals surface area (Å²) in [6.07, 6.45) is 6.58. The Morgan fingerprint density at radius 3 is 1.72 bits per heavy atom. The molecule has 4 rings (SSSR count). The Labute approximate surface area is 320 Å². The molecule has 0 aliphatic heterocycles. The number of carbonyl (C=O) groups is 2. The zero-order valence-corrected chi connectivity index (χ0v) is 32.5. The summed E-state index contributed by atoms with van der Waals surface area (Å²) in [7, 11) is 0. The number of alkyl carbamates (subject to hydrolysis) is 1. The molecule has 54 heavy (non-hydrogen) atoms. The fourth-order valence-corrected chi connectivity index (χ4v) is 4.00. The number of unbranched alkanes of at least 4 members (excludes halogenated alkanes) is 3. The molecule has 0 aliphatic rings. The number of fused-ring (bicyclic) bond motifs is 2. The number of non-ortho nitro benzene ring substituents is 2. The summed E-state index contributed by atoms with van der Waals surface area (Å²) in [4.78, 5) is 42.8. The summed E-state index contributed by atoms with van der Waals surface area (Å²) in [5.74, 6) is -0.273. The molecule has 1 amide bonds. The van der Waals surface area contributed by atoms with Crippen LogP contribution in [0.1, 0.15) is 94.9 Å². The number of aromatic nitrogens is 4. The fourth-order valence-electron chi connectivity index (χ4n) is 4.00. The minimum Gasteiger partial charge on any atom is -0.444 e. The maximum atomic E-state index is 11.2. The van der Waals surface area contributed by atoms with Gasteiger partial charge in [-0.05, 0) is 73.3 Å². The van der Waals surface area contributed by atoms with E-state index in [1.807, 2.05) is 34.6 Å². The van der Waals surface area contributed by atoms with Crippen molar-refractivity contribution in [2.24, 2.45) is 0 Å². The molecule has 1 unspecified atom stereocenters. The molecule has 0 aliphatic carbocycles. The van der Waals surface area contributed by atoms with Gasteiger partial charge in [-0.3, -0.25) is 25.0 Å². The van der Waals surface area contributed by atoms with Crippen molar-refractivity contribution in [2.75, 3.05) is 36.7 Å². The van der Waals surface area contributed by atoms with E-state index < -0.39 is 28.1 Å². The third-order valence-electron chi connectivity index (χ3n) is 6.48. The van der Waals surface area contributed by atoms with E-state index in [4.69, 9.17) is 9.84 Å². The lowest BCUT2D eigenvalue weighted by atomic mass is 10.2. The van der Waals surface area contributed by atoms with Gasteiger partial charge in [-0.2, -0.15) is 0 Å². The quantitative estimate of drug-likeness (QED) is 0.0407. The van der Waals surface area contributed by atoms with Gasteiger partial charge < -0.3 is 25.8 Å². The highest BCUT2D eigenvalue weighted by atomic mass is 35.5. The third kappa shape index (κ3) is 17.6. The molecular formula is C34H56ClN9O10. The molecule has 0 bridgehead atoms. The Morgan fingerprint density at radius 2 is 1.30 bits per heavy atom. The number of nitro benzene ring substituents is 2. The molecular weight excluding hydrogens is 730 g/mol. The highest BCUT2D eigenvalue weighted by Gasteiger charge is 2.22. The highest BCUT2D eigenvalue weighted by Crippen LogP contribution is 2.30. The molecule has 4 N–H and O–H groups in total. The molecule has 0 fully saturated rings. The van der Waals surface area contributed by atoms with Crippen molar-refractivity contribution in [1.82, 2.24) is 25.9 Å². The molecule has 2 aromatic carbocycles. The van der Waals surface area contributed by atoms with E-state index in [2.05, 4.69) is 71.3 Å². The topological polar surface area (TPSA) is 264 Å². The largest absolute Gasteiger partial charge is 0.444 e. The number of ether oxygens (including phenoxy) is 1. The van der Waals surface area contributed by atoms with Crippen LogP contribution < -0.4 is 16.0 Å². The lowest BCUT2D eigenvalue weighted by molar-refractivity contribution is -0.383. The number of anilines is 2. The van der Waals surface area contributed by atoms with Gasteiger partial charge in [0.1, 0.15) is 11.6 Å². The first-order valence-corrected chi connectivity index (χ1v) is 17.7. The van der Waals surface area contributed by atoms with Gasteiger partial charge in [0.05, 0.1) is 27.8 Å². The number of hydrogen-bond acceptors (Lipinski definition) is 16. The number of rotatable bonds is 14. The molecule has 0 radical (unpaired) electrons. The van der Waals surface area contributed by atoms with Crippen LogP contribution in [0.15, 0.2) is 33.5 Å². The van der Waals surface area contributed by atoms with Gasteiger partial charge >= 0.3 is 17.5 Å². The number of aliphatic hydroxyl groups is 1. The van der Waals surface area contributed by atoms with Gasteiger partial charge in [0.15, 0.2) is 16.8 Å². The maximum absolute atomic E-state index is 11.2. The summed E-state index contributed by atoms with van der Waals surface area (Å²) in [5.41, 5.74) is 0.995. The SMILES string of the molecule is C.CC.CC(=O)C(CO)Nc1ccc([N+](=O)[O-])c2nonc12.CCCCCNC(=O)OC(C)(C)C.CCCCNc1ccc([N+](=O)[O-])c2nonc12.CCl. The molecule has 0 saturated carbocycles. The van der Waals surface area contributed by atoms with Gasteiger partial charge in [0.25, 0.3) is 0 Å². The number of aliphatic hydroxyl groups excluding tert-OH is 1. The fraction of sp³-hybridized carbons (Fsp3) is 0.588. The maximum Gasteiger partial charge on any atom is 0.407 e. The zero-order chi connectivity index (χ0) is 40.6. The van der Waals surface area contributed by atoms with E-state index in [0.717, 1.165) is 38.6 Å². The standard InChI is InChI=1S/C10H10N4O5.C10H12N4O3.C10H21NO2.C2H6.CH3Cl.CH4/c1-5(16)7(4-15)11-6-2-3-8(14(17)18)10-9(6)12-19-13-10;1-2-3-6-11-7-4-5-8(14(15)16)10-9(7)12-17-13-10;1-5-6-7-8-11-9(12)13-10(2,3)4;2*1-2;/h2-3,7,11,15H,4H2,1H3;4-5,11H,2-3,6H2,1H3;5-8H2,1-4H3,(H,11,12);1-2H3;1H3;1H4. The second-order valence-corrected chi connectivity index (χ2v) is 11.6. The Balaban J connectivity index is 0. The van der Waals surface area contributed by atoms with Crippen LogP contribution in [-0.2, 0) is 9.53 Å². The lowest BCUT2D eigenvalue weighted by Gasteiger charge is -2.19. The number of ketones is 1. The second-order valence-electron chi connectivity index (χ2n) is 11.6. The molecule has 0 saturated heterocycles. The van der Waals surface area contributed by atoms with E-state index in [9.17, 15) is 29.8 Å². The first-order chi connectivity index (χ1) is 25.2.